The molecule has 6 heteroatoms. The monoisotopic (exact) mass is 212 g/mol. The van der Waals surface area contributed by atoms with Crippen LogP contribution in [-0.2, 0) is 4.74 Å². The summed E-state index contributed by atoms with van der Waals surface area (Å²) in [7, 11) is 0. The molecule has 82 valence electrons. The highest BCUT2D eigenvalue weighted by molar-refractivity contribution is 5.83. The first-order valence-electron chi connectivity index (χ1n) is 4.32. The normalized spacial score (nSPS) is 10.9. The Morgan fingerprint density at radius 3 is 2.73 bits per heavy atom. The lowest BCUT2D eigenvalue weighted by Crippen LogP contribution is -2.27. The number of oxazole rings is 1. The zero-order valence-electron chi connectivity index (χ0n) is 8.73. The van der Waals surface area contributed by atoms with Crippen molar-refractivity contribution in [2.75, 3.05) is 5.32 Å². The van der Waals surface area contributed by atoms with Crippen molar-refractivity contribution in [1.29, 1.82) is 0 Å². The number of carbonyl (C=O) groups excluding carboxylic acids is 2. The smallest absolute Gasteiger partial charge is 0.414 e. The third kappa shape index (κ3) is 3.80. The van der Waals surface area contributed by atoms with Crippen molar-refractivity contribution in [1.82, 2.24) is 4.98 Å². The average molecular weight is 212 g/mol. The van der Waals surface area contributed by atoms with E-state index in [2.05, 4.69) is 10.3 Å². The number of anilines is 1. The Bertz CT molecular complexity index is 364. The van der Waals surface area contributed by atoms with Crippen LogP contribution in [0.25, 0.3) is 0 Å². The summed E-state index contributed by atoms with van der Waals surface area (Å²) in [6.45, 7) is 5.22. The van der Waals surface area contributed by atoms with E-state index in [1.807, 2.05) is 0 Å². The molecule has 0 saturated carbocycles. The standard InChI is InChI=1S/C9H12N2O4/c1-9(2,3)15-8(13)11-6-4-10-7(5-12)14-6/h4-5H,1-3H3,(H,11,13). The first-order chi connectivity index (χ1) is 6.90. The summed E-state index contributed by atoms with van der Waals surface area (Å²) in [5.41, 5.74) is -0.586. The highest BCUT2D eigenvalue weighted by atomic mass is 16.6. The van der Waals surface area contributed by atoms with E-state index in [0.29, 0.717) is 6.29 Å². The van der Waals surface area contributed by atoms with Crippen molar-refractivity contribution in [2.45, 2.75) is 26.4 Å². The van der Waals surface area contributed by atoms with Crippen molar-refractivity contribution in [2.24, 2.45) is 0 Å². The highest BCUT2D eigenvalue weighted by Crippen LogP contribution is 2.11. The van der Waals surface area contributed by atoms with E-state index in [0.717, 1.165) is 0 Å². The first kappa shape index (κ1) is 11.2. The molecular formula is C9H12N2O4. The van der Waals surface area contributed by atoms with Crippen LogP contribution >= 0.6 is 0 Å². The number of rotatable bonds is 2. The fourth-order valence-electron chi connectivity index (χ4n) is 0.804. The molecule has 0 unspecified atom stereocenters. The summed E-state index contributed by atoms with van der Waals surface area (Å²) in [6, 6.07) is 0. The van der Waals surface area contributed by atoms with Gasteiger partial charge in [-0.25, -0.2) is 9.78 Å². The van der Waals surface area contributed by atoms with Crippen LogP contribution in [-0.4, -0.2) is 23.0 Å². The number of ether oxygens (including phenoxy) is 1. The molecule has 1 N–H and O–H groups in total. The van der Waals surface area contributed by atoms with Gasteiger partial charge >= 0.3 is 6.09 Å². The largest absolute Gasteiger partial charge is 0.444 e. The van der Waals surface area contributed by atoms with Crippen LogP contribution in [0.2, 0.25) is 0 Å². The summed E-state index contributed by atoms with van der Waals surface area (Å²) >= 11 is 0. The van der Waals surface area contributed by atoms with E-state index >= 15 is 0 Å². The SMILES string of the molecule is CC(C)(C)OC(=O)Nc1cnc(C=O)o1. The van der Waals surface area contributed by atoms with Gasteiger partial charge in [-0.1, -0.05) is 0 Å². The summed E-state index contributed by atoms with van der Waals surface area (Å²) in [5.74, 6) is -0.0209. The Balaban J connectivity index is 2.55. The van der Waals surface area contributed by atoms with Crippen LogP contribution < -0.4 is 5.32 Å². The molecule has 6 nitrogen and oxygen atoms in total. The van der Waals surface area contributed by atoms with Crippen LogP contribution in [0.1, 0.15) is 31.5 Å². The Morgan fingerprint density at radius 1 is 1.60 bits per heavy atom. The Kier molecular flexibility index (Phi) is 3.08. The number of hydrogen-bond donors (Lipinski definition) is 1. The van der Waals surface area contributed by atoms with Gasteiger partial charge in [0.15, 0.2) is 0 Å². The Labute approximate surface area is 86.6 Å². The minimum Gasteiger partial charge on any atom is -0.444 e. The predicted molar refractivity (Wildman–Crippen MR) is 51.7 cm³/mol. The number of amides is 1. The van der Waals surface area contributed by atoms with Gasteiger partial charge in [0.05, 0.1) is 6.20 Å². The maximum atomic E-state index is 11.2. The van der Waals surface area contributed by atoms with Crippen molar-refractivity contribution >= 4 is 18.3 Å². The van der Waals surface area contributed by atoms with Gasteiger partial charge in [-0.15, -0.1) is 0 Å². The van der Waals surface area contributed by atoms with Gasteiger partial charge in [0.1, 0.15) is 5.60 Å². The van der Waals surface area contributed by atoms with Gasteiger partial charge in [-0.2, -0.15) is 0 Å². The van der Waals surface area contributed by atoms with Crippen LogP contribution in [0.15, 0.2) is 10.6 Å². The van der Waals surface area contributed by atoms with Crippen LogP contribution in [0, 0.1) is 0 Å². The third-order valence-electron chi connectivity index (χ3n) is 1.25. The summed E-state index contributed by atoms with van der Waals surface area (Å²) in [4.78, 5) is 25.0. The van der Waals surface area contributed by atoms with E-state index in [9.17, 15) is 9.59 Å². The molecule has 0 aliphatic rings. The van der Waals surface area contributed by atoms with Crippen LogP contribution in [0.3, 0.4) is 0 Å². The molecule has 0 bridgehead atoms. The quantitative estimate of drug-likeness (QED) is 0.756. The van der Waals surface area contributed by atoms with Crippen molar-refractivity contribution < 1.29 is 18.7 Å². The summed E-state index contributed by atoms with van der Waals surface area (Å²) < 4.78 is 9.79. The molecule has 1 amide bonds. The van der Waals surface area contributed by atoms with E-state index in [4.69, 9.17) is 9.15 Å². The number of hydrogen-bond acceptors (Lipinski definition) is 5. The van der Waals surface area contributed by atoms with E-state index in [-0.39, 0.29) is 11.8 Å². The highest BCUT2D eigenvalue weighted by Gasteiger charge is 2.17. The second-order valence-corrected chi connectivity index (χ2v) is 3.81. The molecular weight excluding hydrogens is 200 g/mol. The van der Waals surface area contributed by atoms with Crippen LogP contribution in [0.4, 0.5) is 10.7 Å². The lowest BCUT2D eigenvalue weighted by Gasteiger charge is -2.18. The molecule has 0 atom stereocenters. The number of nitrogens with zero attached hydrogens (tertiary/aromatic N) is 1. The van der Waals surface area contributed by atoms with Crippen molar-refractivity contribution in [3.05, 3.63) is 12.1 Å². The number of aromatic nitrogens is 1. The van der Waals surface area contributed by atoms with E-state index < -0.39 is 11.7 Å². The second kappa shape index (κ2) is 4.12. The second-order valence-electron chi connectivity index (χ2n) is 3.81. The molecule has 1 rings (SSSR count). The average Bonchev–Trinajstić information content (AvgIpc) is 2.48. The topological polar surface area (TPSA) is 81.4 Å². The number of carbonyl (C=O) groups is 2. The molecule has 1 aromatic rings. The maximum Gasteiger partial charge on any atom is 0.414 e. The third-order valence-corrected chi connectivity index (χ3v) is 1.25. The lowest BCUT2D eigenvalue weighted by molar-refractivity contribution is 0.0632. The summed E-state index contributed by atoms with van der Waals surface area (Å²) in [6.07, 6.45) is 1.02. The first-order valence-corrected chi connectivity index (χ1v) is 4.32. The molecule has 0 spiro atoms. The molecule has 0 aliphatic carbocycles. The molecule has 0 aliphatic heterocycles. The number of aldehydes is 1. The van der Waals surface area contributed by atoms with Gasteiger partial charge in [0, 0.05) is 0 Å². The minimum absolute atomic E-state index is 0.0753. The lowest BCUT2D eigenvalue weighted by atomic mass is 10.2. The molecule has 0 fully saturated rings. The molecule has 0 radical (unpaired) electrons. The predicted octanol–water partition coefficient (Wildman–Crippen LogP) is 1.83. The Hall–Kier alpha value is -1.85. The van der Waals surface area contributed by atoms with E-state index in [1.54, 1.807) is 20.8 Å². The summed E-state index contributed by atoms with van der Waals surface area (Å²) in [5, 5.41) is 2.30. The molecule has 0 saturated heterocycles. The van der Waals surface area contributed by atoms with Gasteiger partial charge in [0.2, 0.25) is 12.2 Å². The fraction of sp³-hybridized carbons (Fsp3) is 0.444. The molecule has 15 heavy (non-hydrogen) atoms. The Morgan fingerprint density at radius 2 is 2.27 bits per heavy atom. The maximum absolute atomic E-state index is 11.2. The van der Waals surface area contributed by atoms with Crippen molar-refractivity contribution in [3.63, 3.8) is 0 Å². The van der Waals surface area contributed by atoms with Gasteiger partial charge < -0.3 is 9.15 Å². The van der Waals surface area contributed by atoms with Gasteiger partial charge in [-0.05, 0) is 20.8 Å². The van der Waals surface area contributed by atoms with Gasteiger partial charge in [0.25, 0.3) is 5.89 Å². The zero-order chi connectivity index (χ0) is 11.5. The van der Waals surface area contributed by atoms with Gasteiger partial charge in [-0.3, -0.25) is 10.1 Å². The molecule has 0 aromatic carbocycles. The number of nitrogens with one attached hydrogen (secondary N) is 1. The minimum atomic E-state index is -0.656. The molecule has 1 heterocycles. The van der Waals surface area contributed by atoms with E-state index in [1.165, 1.54) is 6.20 Å². The fourth-order valence-corrected chi connectivity index (χ4v) is 0.804. The van der Waals surface area contributed by atoms with Crippen LogP contribution in [0.5, 0.6) is 0 Å². The molecule has 1 aromatic heterocycles. The zero-order valence-corrected chi connectivity index (χ0v) is 8.73. The van der Waals surface area contributed by atoms with Crippen molar-refractivity contribution in [3.8, 4) is 0 Å².